The lowest BCUT2D eigenvalue weighted by molar-refractivity contribution is -0.384. The zero-order valence-electron chi connectivity index (χ0n) is 12.8. The highest BCUT2D eigenvalue weighted by Crippen LogP contribution is 2.28. The molecule has 1 aliphatic rings. The van der Waals surface area contributed by atoms with Gasteiger partial charge in [0.05, 0.1) is 4.92 Å². The van der Waals surface area contributed by atoms with Crippen LogP contribution in [0.3, 0.4) is 0 Å². The average Bonchev–Trinajstić information content (AvgIpc) is 2.52. The summed E-state index contributed by atoms with van der Waals surface area (Å²) in [5.41, 5.74) is 6.40. The van der Waals surface area contributed by atoms with Gasteiger partial charge in [0.2, 0.25) is 5.91 Å². The highest BCUT2D eigenvalue weighted by Gasteiger charge is 2.25. The van der Waals surface area contributed by atoms with E-state index in [4.69, 9.17) is 5.73 Å². The fourth-order valence-corrected chi connectivity index (χ4v) is 2.59. The van der Waals surface area contributed by atoms with Crippen LogP contribution in [-0.4, -0.2) is 48.0 Å². The lowest BCUT2D eigenvalue weighted by atomic mass is 10.1. The van der Waals surface area contributed by atoms with Gasteiger partial charge < -0.3 is 15.5 Å². The Balaban J connectivity index is 1.95. The summed E-state index contributed by atoms with van der Waals surface area (Å²) in [5.74, 6) is 0.111. The Morgan fingerprint density at radius 2 is 1.95 bits per heavy atom. The van der Waals surface area contributed by atoms with Crippen LogP contribution in [0.4, 0.5) is 11.4 Å². The first-order chi connectivity index (χ1) is 10.5. The van der Waals surface area contributed by atoms with Gasteiger partial charge in [0.25, 0.3) is 5.69 Å². The number of nitro benzene ring substituents is 1. The fourth-order valence-electron chi connectivity index (χ4n) is 2.59. The summed E-state index contributed by atoms with van der Waals surface area (Å²) in [6, 6.07) is 6.75. The van der Waals surface area contributed by atoms with Gasteiger partial charge in [-0.2, -0.15) is 0 Å². The maximum absolute atomic E-state index is 12.1. The minimum Gasteiger partial charge on any atom is -0.362 e. The number of benzene rings is 1. The van der Waals surface area contributed by atoms with E-state index in [-0.39, 0.29) is 22.6 Å². The first-order valence-corrected chi connectivity index (χ1v) is 7.50. The molecule has 7 nitrogen and oxygen atoms in total. The van der Waals surface area contributed by atoms with Crippen LogP contribution in [-0.2, 0) is 4.79 Å². The van der Waals surface area contributed by atoms with Crippen molar-refractivity contribution in [3.63, 3.8) is 0 Å². The van der Waals surface area contributed by atoms with Crippen molar-refractivity contribution in [2.75, 3.05) is 31.1 Å². The highest BCUT2D eigenvalue weighted by atomic mass is 16.6. The number of rotatable bonds is 5. The average molecular weight is 306 g/mol. The zero-order chi connectivity index (χ0) is 16.1. The maximum atomic E-state index is 12.1. The van der Waals surface area contributed by atoms with Gasteiger partial charge in [0, 0.05) is 44.7 Å². The van der Waals surface area contributed by atoms with Gasteiger partial charge in [0.15, 0.2) is 0 Å². The monoisotopic (exact) mass is 306 g/mol. The number of para-hydroxylation sites is 2. The van der Waals surface area contributed by atoms with Crippen LogP contribution in [0.15, 0.2) is 24.3 Å². The van der Waals surface area contributed by atoms with E-state index in [0.29, 0.717) is 44.7 Å². The molecule has 1 aromatic rings. The second-order valence-corrected chi connectivity index (χ2v) is 5.63. The molecule has 22 heavy (non-hydrogen) atoms. The van der Waals surface area contributed by atoms with Crippen molar-refractivity contribution in [2.45, 2.75) is 25.8 Å². The predicted octanol–water partition coefficient (Wildman–Crippen LogP) is 1.37. The molecule has 0 aliphatic carbocycles. The van der Waals surface area contributed by atoms with E-state index in [1.54, 1.807) is 18.2 Å². The molecule has 1 heterocycles. The lowest BCUT2D eigenvalue weighted by Crippen LogP contribution is -2.49. The van der Waals surface area contributed by atoms with Crippen molar-refractivity contribution < 1.29 is 9.72 Å². The Labute approximate surface area is 129 Å². The van der Waals surface area contributed by atoms with Crippen molar-refractivity contribution in [2.24, 2.45) is 5.73 Å². The van der Waals surface area contributed by atoms with Gasteiger partial charge >= 0.3 is 0 Å². The number of piperazine rings is 1. The second-order valence-electron chi connectivity index (χ2n) is 5.63. The molecule has 1 aliphatic heterocycles. The SMILES string of the molecule is CC(N)CCC(=O)N1CCN(c2ccccc2[N+](=O)[O-])CC1. The standard InChI is InChI=1S/C15H22N4O3/c1-12(16)6-7-15(20)18-10-8-17(9-11-18)13-4-2-3-5-14(13)19(21)22/h2-5,12H,6-11,16H2,1H3. The van der Waals surface area contributed by atoms with Gasteiger partial charge in [-0.25, -0.2) is 0 Å². The number of nitrogens with zero attached hydrogens (tertiary/aromatic N) is 3. The Morgan fingerprint density at radius 1 is 1.32 bits per heavy atom. The van der Waals surface area contributed by atoms with Crippen molar-refractivity contribution in [3.8, 4) is 0 Å². The number of carbonyl (C=O) groups is 1. The lowest BCUT2D eigenvalue weighted by Gasteiger charge is -2.36. The third kappa shape index (κ3) is 3.94. The third-order valence-corrected chi connectivity index (χ3v) is 3.87. The van der Waals surface area contributed by atoms with Crippen molar-refractivity contribution in [3.05, 3.63) is 34.4 Å². The van der Waals surface area contributed by atoms with Gasteiger partial charge in [-0.1, -0.05) is 12.1 Å². The number of hydrogen-bond acceptors (Lipinski definition) is 5. The Hall–Kier alpha value is -2.15. The Morgan fingerprint density at radius 3 is 2.55 bits per heavy atom. The topological polar surface area (TPSA) is 92.7 Å². The maximum Gasteiger partial charge on any atom is 0.292 e. The van der Waals surface area contributed by atoms with Crippen LogP contribution in [0, 0.1) is 10.1 Å². The highest BCUT2D eigenvalue weighted by molar-refractivity contribution is 5.76. The van der Waals surface area contributed by atoms with E-state index in [0.717, 1.165) is 0 Å². The number of nitro groups is 1. The van der Waals surface area contributed by atoms with Crippen LogP contribution in [0.1, 0.15) is 19.8 Å². The molecule has 1 aromatic carbocycles. The number of amides is 1. The molecule has 120 valence electrons. The van der Waals surface area contributed by atoms with E-state index in [9.17, 15) is 14.9 Å². The minimum atomic E-state index is -0.366. The van der Waals surface area contributed by atoms with Crippen molar-refractivity contribution in [1.29, 1.82) is 0 Å². The third-order valence-electron chi connectivity index (χ3n) is 3.87. The van der Waals surface area contributed by atoms with Gasteiger partial charge in [-0.15, -0.1) is 0 Å². The van der Waals surface area contributed by atoms with Gasteiger partial charge in [-0.3, -0.25) is 14.9 Å². The second kappa shape index (κ2) is 7.22. The molecule has 0 radical (unpaired) electrons. The molecule has 1 unspecified atom stereocenters. The molecule has 7 heteroatoms. The summed E-state index contributed by atoms with van der Waals surface area (Å²) < 4.78 is 0. The summed E-state index contributed by atoms with van der Waals surface area (Å²) in [7, 11) is 0. The molecule has 0 aromatic heterocycles. The fraction of sp³-hybridized carbons (Fsp3) is 0.533. The van der Waals surface area contributed by atoms with E-state index >= 15 is 0 Å². The number of carbonyl (C=O) groups excluding carboxylic acids is 1. The number of nitrogens with two attached hydrogens (primary N) is 1. The van der Waals surface area contributed by atoms with Crippen LogP contribution < -0.4 is 10.6 Å². The van der Waals surface area contributed by atoms with Gasteiger partial charge in [0.1, 0.15) is 5.69 Å². The smallest absolute Gasteiger partial charge is 0.292 e. The molecule has 2 rings (SSSR count). The Kier molecular flexibility index (Phi) is 5.32. The van der Waals surface area contributed by atoms with E-state index in [2.05, 4.69) is 0 Å². The van der Waals surface area contributed by atoms with Gasteiger partial charge in [-0.05, 0) is 19.4 Å². The molecule has 0 saturated carbocycles. The summed E-state index contributed by atoms with van der Waals surface area (Å²) in [6.45, 7) is 4.27. The van der Waals surface area contributed by atoms with Crippen LogP contribution in [0.25, 0.3) is 0 Å². The summed E-state index contributed by atoms with van der Waals surface area (Å²) in [6.07, 6.45) is 1.15. The molecule has 0 spiro atoms. The molecule has 2 N–H and O–H groups in total. The van der Waals surface area contributed by atoms with E-state index in [1.165, 1.54) is 6.07 Å². The number of hydrogen-bond donors (Lipinski definition) is 1. The minimum absolute atomic E-state index is 0.0252. The molecule has 1 fully saturated rings. The molecular weight excluding hydrogens is 284 g/mol. The predicted molar refractivity (Wildman–Crippen MR) is 84.8 cm³/mol. The first-order valence-electron chi connectivity index (χ1n) is 7.50. The first kappa shape index (κ1) is 16.2. The largest absolute Gasteiger partial charge is 0.362 e. The normalized spacial score (nSPS) is 16.5. The summed E-state index contributed by atoms with van der Waals surface area (Å²) >= 11 is 0. The summed E-state index contributed by atoms with van der Waals surface area (Å²) in [4.78, 5) is 26.6. The molecule has 0 bridgehead atoms. The quantitative estimate of drug-likeness (QED) is 0.655. The van der Waals surface area contributed by atoms with E-state index < -0.39 is 0 Å². The van der Waals surface area contributed by atoms with E-state index in [1.807, 2.05) is 16.7 Å². The molecule has 1 atom stereocenters. The summed E-state index contributed by atoms with van der Waals surface area (Å²) in [5, 5.41) is 11.1. The zero-order valence-corrected chi connectivity index (χ0v) is 12.8. The molecule has 1 saturated heterocycles. The molecule has 1 amide bonds. The van der Waals surface area contributed by atoms with Crippen molar-refractivity contribution in [1.82, 2.24) is 4.90 Å². The molecular formula is C15H22N4O3. The Bertz CT molecular complexity index is 539. The number of anilines is 1. The van der Waals surface area contributed by atoms with Crippen LogP contribution in [0.5, 0.6) is 0 Å². The van der Waals surface area contributed by atoms with Crippen LogP contribution in [0.2, 0.25) is 0 Å². The van der Waals surface area contributed by atoms with Crippen molar-refractivity contribution >= 4 is 17.3 Å². The van der Waals surface area contributed by atoms with Crippen LogP contribution >= 0.6 is 0 Å².